The number of anilines is 1. The molecule has 1 fully saturated rings. The molecule has 5 atom stereocenters. The quantitative estimate of drug-likeness (QED) is 0.287. The summed E-state index contributed by atoms with van der Waals surface area (Å²) in [6.45, 7) is 0. The van der Waals surface area contributed by atoms with Gasteiger partial charge in [0.2, 0.25) is 0 Å². The van der Waals surface area contributed by atoms with Gasteiger partial charge in [-0.25, -0.2) is 4.79 Å². The third-order valence-corrected chi connectivity index (χ3v) is 4.01. The van der Waals surface area contributed by atoms with E-state index in [-0.39, 0.29) is 64.9 Å². The van der Waals surface area contributed by atoms with Crippen molar-refractivity contribution in [1.82, 2.24) is 9.55 Å². The van der Waals surface area contributed by atoms with Crippen LogP contribution in [0.25, 0.3) is 0 Å². The summed E-state index contributed by atoms with van der Waals surface area (Å²) in [7, 11) is -5.05. The average Bonchev–Trinajstić information content (AvgIpc) is 2.65. The van der Waals surface area contributed by atoms with Crippen molar-refractivity contribution < 1.29 is 93.5 Å². The largest absolute Gasteiger partial charge is 1.00 e. The van der Waals surface area contributed by atoms with Crippen LogP contribution in [0.3, 0.4) is 0 Å². The van der Waals surface area contributed by atoms with Gasteiger partial charge >= 0.3 is 64.8 Å². The van der Waals surface area contributed by atoms with Gasteiger partial charge in [0.05, 0.1) is 6.10 Å². The van der Waals surface area contributed by atoms with Crippen LogP contribution in [0.4, 0.5) is 5.82 Å². The first kappa shape index (κ1) is 24.7. The number of hydrogen-bond acceptors (Lipinski definition) is 10. The molecule has 24 heavy (non-hydrogen) atoms. The number of nitrogen functional groups attached to an aromatic ring is 1. The molecular weight excluding hydrogens is 367 g/mol. The van der Waals surface area contributed by atoms with E-state index in [2.05, 4.69) is 4.98 Å². The molecule has 0 unspecified atom stereocenters. The molecule has 1 aromatic heterocycles. The Balaban J connectivity index is 0.00000264. The molecule has 0 bridgehead atoms. The molecule has 0 radical (unpaired) electrons. The fourth-order valence-corrected chi connectivity index (χ4v) is 2.85. The van der Waals surface area contributed by atoms with E-state index in [9.17, 15) is 34.5 Å². The molecule has 0 aliphatic carbocycles. The van der Waals surface area contributed by atoms with Crippen molar-refractivity contribution in [2.45, 2.75) is 30.6 Å². The second-order valence-electron chi connectivity index (χ2n) is 4.88. The van der Waals surface area contributed by atoms with E-state index in [1.54, 1.807) is 0 Å². The monoisotopic (exact) mass is 381 g/mol. The van der Waals surface area contributed by atoms with E-state index in [1.807, 2.05) is 0 Å². The van der Waals surface area contributed by atoms with Gasteiger partial charge in [-0.2, -0.15) is 4.98 Å². The van der Waals surface area contributed by atoms with Crippen LogP contribution in [0.1, 0.15) is 6.23 Å². The van der Waals surface area contributed by atoms with E-state index >= 15 is 0 Å². The van der Waals surface area contributed by atoms with Crippen LogP contribution in [0.2, 0.25) is 0 Å². The SMILES string of the molecule is Nc1ccn([C@@H]2O[C@H]([C@H](O)CP(=O)([O-])[O-])[C@H](O)[C@H]2O)c(=O)n1.[Na+].[Na+]. The number of nitrogens with zero attached hydrogens (tertiary/aromatic N) is 2. The van der Waals surface area contributed by atoms with Crippen LogP contribution in [-0.4, -0.2) is 55.4 Å². The van der Waals surface area contributed by atoms with Crippen LogP contribution in [0.5, 0.6) is 0 Å². The van der Waals surface area contributed by atoms with Crippen molar-refractivity contribution in [3.8, 4) is 0 Å². The van der Waals surface area contributed by atoms with Gasteiger partial charge in [0.15, 0.2) is 6.23 Å². The second kappa shape index (κ2) is 9.56. The molecule has 2 rings (SSSR count). The van der Waals surface area contributed by atoms with Gasteiger partial charge in [-0.3, -0.25) is 4.57 Å². The van der Waals surface area contributed by atoms with Crippen molar-refractivity contribution in [3.63, 3.8) is 0 Å². The van der Waals surface area contributed by atoms with E-state index in [0.29, 0.717) is 0 Å². The van der Waals surface area contributed by atoms with Crippen LogP contribution in [0, 0.1) is 0 Å². The zero-order valence-electron chi connectivity index (χ0n) is 13.1. The van der Waals surface area contributed by atoms with Crippen molar-refractivity contribution in [1.29, 1.82) is 0 Å². The summed E-state index contributed by atoms with van der Waals surface area (Å²) in [6, 6.07) is 1.25. The summed E-state index contributed by atoms with van der Waals surface area (Å²) >= 11 is 0. The Morgan fingerprint density at radius 1 is 1.38 bits per heavy atom. The number of rotatable bonds is 4. The molecule has 0 saturated carbocycles. The van der Waals surface area contributed by atoms with Crippen LogP contribution >= 0.6 is 7.60 Å². The molecule has 5 N–H and O–H groups in total. The molecule has 14 heteroatoms. The first-order chi connectivity index (χ1) is 10.1. The van der Waals surface area contributed by atoms with E-state index in [4.69, 9.17) is 10.5 Å². The molecule has 2 heterocycles. The molecule has 124 valence electrons. The average molecular weight is 381 g/mol. The van der Waals surface area contributed by atoms with E-state index in [0.717, 1.165) is 10.8 Å². The number of aromatic nitrogens is 2. The number of aliphatic hydroxyl groups is 3. The van der Waals surface area contributed by atoms with Crippen molar-refractivity contribution in [2.75, 3.05) is 11.9 Å². The molecule has 0 amide bonds. The Labute approximate surface area is 180 Å². The topological polar surface area (TPSA) is 194 Å². The predicted octanol–water partition coefficient (Wildman–Crippen LogP) is -10.3. The summed E-state index contributed by atoms with van der Waals surface area (Å²) in [4.78, 5) is 36.4. The Bertz CT molecular complexity index is 655. The van der Waals surface area contributed by atoms with Crippen molar-refractivity contribution in [3.05, 3.63) is 22.7 Å². The van der Waals surface area contributed by atoms with Gasteiger partial charge in [0, 0.05) is 12.4 Å². The van der Waals surface area contributed by atoms with Crippen molar-refractivity contribution >= 4 is 13.4 Å². The summed E-state index contributed by atoms with van der Waals surface area (Å²) in [5, 5.41) is 29.4. The summed E-state index contributed by atoms with van der Waals surface area (Å²) in [6.07, 6.45) is -8.17. The summed E-state index contributed by atoms with van der Waals surface area (Å²) in [5.74, 6) is -0.0653. The van der Waals surface area contributed by atoms with Gasteiger partial charge in [-0.1, -0.05) is 7.60 Å². The Morgan fingerprint density at radius 3 is 2.46 bits per heavy atom. The van der Waals surface area contributed by atoms with Crippen molar-refractivity contribution in [2.24, 2.45) is 0 Å². The first-order valence-corrected chi connectivity index (χ1v) is 7.88. The van der Waals surface area contributed by atoms with Crippen LogP contribution in [-0.2, 0) is 9.30 Å². The third-order valence-electron chi connectivity index (χ3n) is 3.19. The minimum Gasteiger partial charge on any atom is -0.811 e. The zero-order valence-corrected chi connectivity index (χ0v) is 17.9. The number of nitrogens with two attached hydrogens (primary N) is 1. The molecular formula is C10H14N3Na2O8P. The Hall–Kier alpha value is 0.670. The Morgan fingerprint density at radius 2 is 1.96 bits per heavy atom. The molecule has 0 spiro atoms. The maximum Gasteiger partial charge on any atom is 1.00 e. The second-order valence-corrected chi connectivity index (χ2v) is 6.46. The molecule has 0 aromatic carbocycles. The van der Waals surface area contributed by atoms with Gasteiger partial charge in [-0.15, -0.1) is 0 Å². The maximum absolute atomic E-state index is 11.7. The van der Waals surface area contributed by atoms with Gasteiger partial charge in [0.1, 0.15) is 24.1 Å². The minimum absolute atomic E-state index is 0. The zero-order chi connectivity index (χ0) is 16.7. The maximum atomic E-state index is 11.7. The van der Waals surface area contributed by atoms with Crippen LogP contribution < -0.4 is 80.3 Å². The van der Waals surface area contributed by atoms with Gasteiger partial charge in [-0.05, 0) is 6.07 Å². The fourth-order valence-electron chi connectivity index (χ4n) is 2.19. The molecule has 1 saturated heterocycles. The molecule has 1 aromatic rings. The molecule has 1 aliphatic rings. The van der Waals surface area contributed by atoms with E-state index in [1.165, 1.54) is 6.07 Å². The van der Waals surface area contributed by atoms with E-state index < -0.39 is 50.1 Å². The van der Waals surface area contributed by atoms with Gasteiger partial charge < -0.3 is 40.1 Å². The Kier molecular flexibility index (Phi) is 9.83. The number of hydrogen-bond donors (Lipinski definition) is 4. The minimum atomic E-state index is -5.05. The van der Waals surface area contributed by atoms with Gasteiger partial charge in [0.25, 0.3) is 0 Å². The molecule has 11 nitrogen and oxygen atoms in total. The van der Waals surface area contributed by atoms with Crippen LogP contribution in [0.15, 0.2) is 17.1 Å². The first-order valence-electron chi connectivity index (χ1n) is 6.15. The smallest absolute Gasteiger partial charge is 0.811 e. The molecule has 1 aliphatic heterocycles. The summed E-state index contributed by atoms with van der Waals surface area (Å²) < 4.78 is 16.6. The predicted molar refractivity (Wildman–Crippen MR) is 67.3 cm³/mol. The fraction of sp³-hybridized carbons (Fsp3) is 0.600. The number of aliphatic hydroxyl groups excluding tert-OH is 3. The standard InChI is InChI=1S/C10H16N3O8P.2Na/c11-5-1-2-13(10(17)12-5)9-7(16)6(15)8(21-9)4(14)3-22(18,19)20;;/h1-2,4,6-9,14-16H,3H2,(H2,11,12,17)(H2,18,19,20);;/q;2*+1/p-2/t4-,6-,7-,8-,9-;;/m1../s1. The normalized spacial score (nSPS) is 27.9. The number of ether oxygens (including phenoxy) is 1. The summed E-state index contributed by atoms with van der Waals surface area (Å²) in [5.41, 5.74) is 4.44. The third kappa shape index (κ3) is 5.85.